The van der Waals surface area contributed by atoms with E-state index in [2.05, 4.69) is 4.18 Å². The highest BCUT2D eigenvalue weighted by molar-refractivity contribution is 7.88. The van der Waals surface area contributed by atoms with Gasteiger partial charge in [-0.1, -0.05) is 0 Å². The lowest BCUT2D eigenvalue weighted by atomic mass is 11.8. The third kappa shape index (κ3) is 2.27. The van der Waals surface area contributed by atoms with E-state index in [0.29, 0.717) is 12.3 Å². The van der Waals surface area contributed by atoms with Crippen LogP contribution in [0.1, 0.15) is 0 Å². The molecule has 0 bridgehead atoms. The first-order valence-electron chi connectivity index (χ1n) is 0.757. The summed E-state index contributed by atoms with van der Waals surface area (Å²) in [6.07, 6.45) is 0. The van der Waals surface area contributed by atoms with E-state index in [-0.39, 0.29) is 0 Å². The molecule has 0 rings (SSSR count). The van der Waals surface area contributed by atoms with Crippen LogP contribution in [0.4, 0.5) is 0 Å². The average molecular weight is 80.1 g/mol. The zero-order chi connectivity index (χ0) is 3.41. The molecule has 0 spiro atoms. The maximum atomic E-state index is 7.57. The molecule has 2 nitrogen and oxygen atoms in total. The predicted octanol–water partition coefficient (Wildman–Crippen LogP) is 0.754. The Hall–Kier alpha value is 0.270. The molecule has 0 aromatic rings. The van der Waals surface area contributed by atoms with Crippen molar-refractivity contribution in [2.45, 2.75) is 0 Å². The summed E-state index contributed by atoms with van der Waals surface area (Å²) in [6.45, 7) is 0. The molecule has 0 aliphatic rings. The molecule has 0 heterocycles. The molecule has 0 aromatic carbocycles. The lowest BCUT2D eigenvalue weighted by Gasteiger charge is -1.72. The Kier molecular flexibility index (Phi) is 3.49. The Balaban J connectivity index is 1.97. The van der Waals surface area contributed by atoms with Crippen LogP contribution in [0, 0.1) is 0 Å². The van der Waals surface area contributed by atoms with Gasteiger partial charge in [-0.3, -0.25) is 4.18 Å². The smallest absolute Gasteiger partial charge is 0.155 e. The van der Waals surface area contributed by atoms with Crippen molar-refractivity contribution in [3.63, 3.8) is 0 Å². The third-order valence-corrected chi connectivity index (χ3v) is 0.224. The van der Waals surface area contributed by atoms with Crippen molar-refractivity contribution in [1.82, 2.24) is 0 Å². The van der Waals surface area contributed by atoms with Gasteiger partial charge in [-0.2, -0.15) is 0 Å². The average Bonchev–Trinajstić information content (AvgIpc) is 1.37. The Morgan fingerprint density at radius 2 is 2.25 bits per heavy atom. The summed E-state index contributed by atoms with van der Waals surface area (Å²) in [6, 6.07) is 0. The molecular weight excluding hydrogens is 76.1 g/mol. The van der Waals surface area contributed by atoms with Crippen LogP contribution in [0.2, 0.25) is 0 Å². The molecule has 0 fully saturated rings. The lowest BCUT2D eigenvalue weighted by molar-refractivity contribution is 0.436. The molecule has 0 aliphatic heterocycles. The highest BCUT2D eigenvalue weighted by Crippen LogP contribution is 1.83. The first kappa shape index (κ1) is 4.27. The second kappa shape index (κ2) is 3.27. The molecule has 1 N–H and O–H groups in total. The maximum Gasteiger partial charge on any atom is 0.155 e. The van der Waals surface area contributed by atoms with E-state index < -0.39 is 0 Å². The fourth-order valence-corrected chi connectivity index (χ4v) is 0. The van der Waals surface area contributed by atoms with Crippen molar-refractivity contribution in [2.24, 2.45) is 0 Å². The van der Waals surface area contributed by atoms with Crippen LogP contribution in [0.15, 0.2) is 0 Å². The van der Waals surface area contributed by atoms with Crippen molar-refractivity contribution in [1.29, 1.82) is 0 Å². The van der Waals surface area contributed by atoms with Crippen LogP contribution in [-0.2, 0) is 4.18 Å². The van der Waals surface area contributed by atoms with Gasteiger partial charge in [0.05, 0.1) is 7.11 Å². The van der Waals surface area contributed by atoms with Crippen molar-refractivity contribution in [3.05, 3.63) is 0 Å². The van der Waals surface area contributed by atoms with Crippen molar-refractivity contribution >= 4 is 12.3 Å². The van der Waals surface area contributed by atoms with Gasteiger partial charge in [-0.25, -0.2) is 0 Å². The minimum Gasteiger partial charge on any atom is -0.307 e. The Labute approximate surface area is 29.2 Å². The molecule has 0 aromatic heterocycles. The Morgan fingerprint density at radius 1 is 2.00 bits per heavy atom. The van der Waals surface area contributed by atoms with Gasteiger partial charge in [0, 0.05) is 0 Å². The van der Waals surface area contributed by atoms with Gasteiger partial charge >= 0.3 is 0 Å². The van der Waals surface area contributed by atoms with Crippen LogP contribution >= 0.6 is 12.3 Å². The molecule has 26 valence electrons. The standard InChI is InChI=1S/CH4O2S/c1-3-4-2/h2H,1H3. The summed E-state index contributed by atoms with van der Waals surface area (Å²) in [5, 5.41) is 0. The molecule has 0 radical (unpaired) electrons. The summed E-state index contributed by atoms with van der Waals surface area (Å²) in [7, 11) is 1.39. The van der Waals surface area contributed by atoms with Gasteiger partial charge in [0.15, 0.2) is 12.3 Å². The molecule has 0 saturated heterocycles. The SMILES string of the molecule is COSO. The largest absolute Gasteiger partial charge is 0.307 e. The summed E-state index contributed by atoms with van der Waals surface area (Å²) in [5.74, 6) is 0. The maximum absolute atomic E-state index is 7.57. The quantitative estimate of drug-likeness (QED) is 0.471. The summed E-state index contributed by atoms with van der Waals surface area (Å²) < 4.78 is 11.6. The minimum atomic E-state index is 0.356. The van der Waals surface area contributed by atoms with Gasteiger partial charge in [0.25, 0.3) is 0 Å². The predicted molar refractivity (Wildman–Crippen MR) is 17.2 cm³/mol. The van der Waals surface area contributed by atoms with E-state index in [0.717, 1.165) is 0 Å². The molecule has 4 heavy (non-hydrogen) atoms. The fourth-order valence-electron chi connectivity index (χ4n) is 0. The van der Waals surface area contributed by atoms with E-state index >= 15 is 0 Å². The van der Waals surface area contributed by atoms with E-state index in [1.165, 1.54) is 7.11 Å². The first-order chi connectivity index (χ1) is 1.91. The first-order valence-corrected chi connectivity index (χ1v) is 1.46. The topological polar surface area (TPSA) is 29.5 Å². The molecule has 0 unspecified atom stereocenters. The van der Waals surface area contributed by atoms with Gasteiger partial charge in [0.1, 0.15) is 0 Å². The molecule has 0 saturated carbocycles. The molecule has 3 heteroatoms. The zero-order valence-corrected chi connectivity index (χ0v) is 3.08. The monoisotopic (exact) mass is 80.0 g/mol. The molecule has 0 amide bonds. The van der Waals surface area contributed by atoms with Crippen LogP contribution in [0.3, 0.4) is 0 Å². The summed E-state index contributed by atoms with van der Waals surface area (Å²) in [4.78, 5) is 0. The minimum absolute atomic E-state index is 0.356. The Morgan fingerprint density at radius 3 is 2.25 bits per heavy atom. The van der Waals surface area contributed by atoms with E-state index in [4.69, 9.17) is 4.55 Å². The van der Waals surface area contributed by atoms with Crippen molar-refractivity contribution < 1.29 is 8.74 Å². The normalized spacial score (nSPS) is 7.50. The fraction of sp³-hybridized carbons (Fsp3) is 1.00. The van der Waals surface area contributed by atoms with E-state index in [1.54, 1.807) is 0 Å². The second-order valence-electron chi connectivity index (χ2n) is 0.241. The van der Waals surface area contributed by atoms with Gasteiger partial charge in [-0.05, 0) is 0 Å². The number of hydrogen-bond donors (Lipinski definition) is 1. The lowest BCUT2D eigenvalue weighted by Crippen LogP contribution is -1.54. The highest BCUT2D eigenvalue weighted by atomic mass is 32.2. The van der Waals surface area contributed by atoms with Crippen LogP contribution < -0.4 is 0 Å². The van der Waals surface area contributed by atoms with Gasteiger partial charge < -0.3 is 4.55 Å². The number of hydrogen-bond acceptors (Lipinski definition) is 3. The second-order valence-corrected chi connectivity index (χ2v) is 0.724. The summed E-state index contributed by atoms with van der Waals surface area (Å²) >= 11 is 0.356. The van der Waals surface area contributed by atoms with Crippen LogP contribution in [-0.4, -0.2) is 11.7 Å². The molecule has 0 aliphatic carbocycles. The third-order valence-electron chi connectivity index (χ3n) is 0.0745. The van der Waals surface area contributed by atoms with E-state index in [9.17, 15) is 0 Å². The molecule has 0 atom stereocenters. The van der Waals surface area contributed by atoms with Gasteiger partial charge in [-0.15, -0.1) is 0 Å². The molecular formula is CH4O2S. The van der Waals surface area contributed by atoms with Crippen LogP contribution in [0.5, 0.6) is 0 Å². The number of rotatable bonds is 1. The summed E-state index contributed by atoms with van der Waals surface area (Å²) in [5.41, 5.74) is 0. The zero-order valence-electron chi connectivity index (χ0n) is 2.26. The Bertz CT molecular complexity index is 8.00. The van der Waals surface area contributed by atoms with Crippen molar-refractivity contribution in [2.75, 3.05) is 7.11 Å². The van der Waals surface area contributed by atoms with E-state index in [1.807, 2.05) is 0 Å². The van der Waals surface area contributed by atoms with Gasteiger partial charge in [0.2, 0.25) is 0 Å². The highest BCUT2D eigenvalue weighted by Gasteiger charge is 1.55. The van der Waals surface area contributed by atoms with Crippen LogP contribution in [0.25, 0.3) is 0 Å². The van der Waals surface area contributed by atoms with Crippen molar-refractivity contribution in [3.8, 4) is 0 Å².